The van der Waals surface area contributed by atoms with E-state index in [1.165, 1.54) is 21.3 Å². The lowest BCUT2D eigenvalue weighted by Crippen LogP contribution is -2.12. The lowest BCUT2D eigenvalue weighted by molar-refractivity contribution is -0.115. The van der Waals surface area contributed by atoms with Crippen molar-refractivity contribution in [1.82, 2.24) is 4.98 Å². The van der Waals surface area contributed by atoms with Crippen LogP contribution in [0.1, 0.15) is 45.3 Å². The second kappa shape index (κ2) is 14.1. The van der Waals surface area contributed by atoms with Crippen LogP contribution in [-0.4, -0.2) is 50.5 Å². The van der Waals surface area contributed by atoms with Gasteiger partial charge in [0.05, 0.1) is 39.1 Å². The molecule has 3 aromatic rings. The third-order valence-corrected chi connectivity index (χ3v) is 8.07. The molecule has 1 amide bonds. The number of esters is 1. The van der Waals surface area contributed by atoms with E-state index in [1.54, 1.807) is 26.0 Å². The van der Waals surface area contributed by atoms with E-state index >= 15 is 0 Å². The Kier molecular flexibility index (Phi) is 10.6. The van der Waals surface area contributed by atoms with Gasteiger partial charge in [0.2, 0.25) is 11.7 Å². The molecule has 0 saturated heterocycles. The quantitative estimate of drug-likeness (QED) is 0.227. The van der Waals surface area contributed by atoms with Gasteiger partial charge in [-0.05, 0) is 37.1 Å². The topological polar surface area (TPSA) is 193 Å². The van der Waals surface area contributed by atoms with Crippen molar-refractivity contribution in [3.05, 3.63) is 39.3 Å². The van der Waals surface area contributed by atoms with Gasteiger partial charge in [-0.3, -0.25) is 4.79 Å². The van der Waals surface area contributed by atoms with Gasteiger partial charge < -0.3 is 30.0 Å². The summed E-state index contributed by atoms with van der Waals surface area (Å²) >= 11 is 2.07. The van der Waals surface area contributed by atoms with Crippen LogP contribution in [0.3, 0.4) is 0 Å². The summed E-state index contributed by atoms with van der Waals surface area (Å²) in [5, 5.41) is 32.7. The molecule has 3 N–H and O–H groups in total. The Balaban J connectivity index is 1.90. The van der Waals surface area contributed by atoms with Crippen LogP contribution in [0, 0.1) is 40.9 Å². The Bertz CT molecular complexity index is 1640. The SMILES string of the molecule is CCOC(=O)c1sc(NC(=O)CCSc2nc(N)c(C#N)c(-c3cc(OC)c(OC)c(OC)c3)c2C#N)c(C#N)c1C. The second-order valence-electron chi connectivity index (χ2n) is 8.30. The van der Waals surface area contributed by atoms with Crippen LogP contribution in [0.5, 0.6) is 17.2 Å². The molecular formula is C28H26N6O6S2. The summed E-state index contributed by atoms with van der Waals surface area (Å²) in [6.07, 6.45) is -0.0206. The van der Waals surface area contributed by atoms with Crippen LogP contribution in [0.4, 0.5) is 10.8 Å². The van der Waals surface area contributed by atoms with Crippen LogP contribution < -0.4 is 25.3 Å². The molecule has 0 aliphatic carbocycles. The fourth-order valence-corrected chi connectivity index (χ4v) is 5.98. The number of nitrogens with one attached hydrogen (secondary N) is 1. The van der Waals surface area contributed by atoms with Crippen molar-refractivity contribution in [3.63, 3.8) is 0 Å². The third kappa shape index (κ3) is 6.33. The van der Waals surface area contributed by atoms with Crippen LogP contribution in [0.15, 0.2) is 17.2 Å². The number of ether oxygens (including phenoxy) is 4. The van der Waals surface area contributed by atoms with Crippen LogP contribution in [0.2, 0.25) is 0 Å². The van der Waals surface area contributed by atoms with Gasteiger partial charge >= 0.3 is 5.97 Å². The van der Waals surface area contributed by atoms with Crippen LogP contribution >= 0.6 is 23.1 Å². The van der Waals surface area contributed by atoms with Crippen molar-refractivity contribution >= 4 is 45.8 Å². The highest BCUT2D eigenvalue weighted by atomic mass is 32.2. The molecular weight excluding hydrogens is 580 g/mol. The van der Waals surface area contributed by atoms with E-state index < -0.39 is 11.9 Å². The molecule has 0 unspecified atom stereocenters. The number of pyridine rings is 1. The summed E-state index contributed by atoms with van der Waals surface area (Å²) in [7, 11) is 4.34. The van der Waals surface area contributed by atoms with Crippen molar-refractivity contribution in [1.29, 1.82) is 15.8 Å². The van der Waals surface area contributed by atoms with E-state index in [9.17, 15) is 25.4 Å². The molecule has 0 fully saturated rings. The number of carbonyl (C=O) groups excluding carboxylic acids is 2. The zero-order chi connectivity index (χ0) is 31.0. The standard InChI is InChI=1S/C28H26N6O6S2/c1-6-40-28(36)24-14(2)16(11-29)27(42-24)33-21(35)7-8-41-26-18(13-31)22(17(12-30)25(32)34-26)15-9-19(37-3)23(39-5)20(10-15)38-4/h9-10H,6-8H2,1-5H3,(H2,32,34)(H,33,35). The molecule has 12 nitrogen and oxygen atoms in total. The molecule has 216 valence electrons. The average molecular weight is 607 g/mol. The maximum absolute atomic E-state index is 12.8. The van der Waals surface area contributed by atoms with Gasteiger partial charge in [0, 0.05) is 17.7 Å². The molecule has 2 aromatic heterocycles. The summed E-state index contributed by atoms with van der Waals surface area (Å²) < 4.78 is 21.3. The zero-order valence-electron chi connectivity index (χ0n) is 23.4. The summed E-state index contributed by atoms with van der Waals surface area (Å²) in [4.78, 5) is 29.5. The summed E-state index contributed by atoms with van der Waals surface area (Å²) in [5.41, 5.74) is 7.48. The smallest absolute Gasteiger partial charge is 0.348 e. The Labute approximate surface area is 250 Å². The van der Waals surface area contributed by atoms with E-state index in [4.69, 9.17) is 24.7 Å². The number of thiophene rings is 1. The third-order valence-electron chi connectivity index (χ3n) is 5.91. The fraction of sp³-hybridized carbons (Fsp3) is 0.286. The number of thioether (sulfide) groups is 1. The minimum atomic E-state index is -0.566. The summed E-state index contributed by atoms with van der Waals surface area (Å²) in [6, 6.07) is 9.34. The van der Waals surface area contributed by atoms with E-state index in [0.717, 1.165) is 23.1 Å². The lowest BCUT2D eigenvalue weighted by Gasteiger charge is -2.17. The van der Waals surface area contributed by atoms with Gasteiger partial charge in [-0.25, -0.2) is 9.78 Å². The van der Waals surface area contributed by atoms with Crippen molar-refractivity contribution in [3.8, 4) is 46.6 Å². The number of hydrogen-bond donors (Lipinski definition) is 2. The Morgan fingerprint density at radius 3 is 2.17 bits per heavy atom. The highest BCUT2D eigenvalue weighted by Gasteiger charge is 2.25. The van der Waals surface area contributed by atoms with Crippen molar-refractivity contribution in [2.75, 3.05) is 44.7 Å². The van der Waals surface area contributed by atoms with Crippen molar-refractivity contribution < 1.29 is 28.5 Å². The summed E-state index contributed by atoms with van der Waals surface area (Å²) in [5.74, 6) is 0.0688. The van der Waals surface area contributed by atoms with E-state index in [2.05, 4.69) is 16.4 Å². The van der Waals surface area contributed by atoms with Crippen LogP contribution in [-0.2, 0) is 9.53 Å². The molecule has 42 heavy (non-hydrogen) atoms. The number of anilines is 2. The predicted molar refractivity (Wildman–Crippen MR) is 157 cm³/mol. The van der Waals surface area contributed by atoms with Gasteiger partial charge in [-0.2, -0.15) is 15.8 Å². The molecule has 0 aliphatic rings. The average Bonchev–Trinajstić information content (AvgIpc) is 3.30. The second-order valence-corrected chi connectivity index (χ2v) is 10.4. The molecule has 14 heteroatoms. The van der Waals surface area contributed by atoms with Gasteiger partial charge in [-0.15, -0.1) is 23.1 Å². The molecule has 0 atom stereocenters. The first-order chi connectivity index (χ1) is 20.2. The van der Waals surface area contributed by atoms with Gasteiger partial charge in [0.25, 0.3) is 0 Å². The number of benzene rings is 1. The highest BCUT2D eigenvalue weighted by Crippen LogP contribution is 2.44. The molecule has 2 heterocycles. The normalized spacial score (nSPS) is 10.1. The number of nitrogen functional groups attached to an aromatic ring is 1. The Morgan fingerprint density at radius 2 is 1.64 bits per heavy atom. The van der Waals surface area contributed by atoms with E-state index in [0.29, 0.717) is 28.4 Å². The molecule has 0 aliphatic heterocycles. The minimum absolute atomic E-state index is 0.00239. The Morgan fingerprint density at radius 1 is 1.02 bits per heavy atom. The number of nitrogens with zero attached hydrogens (tertiary/aromatic N) is 4. The Hall–Kier alpha value is -4.97. The van der Waals surface area contributed by atoms with Gasteiger partial charge in [0.15, 0.2) is 11.5 Å². The van der Waals surface area contributed by atoms with Crippen molar-refractivity contribution in [2.24, 2.45) is 0 Å². The number of hydrogen-bond acceptors (Lipinski definition) is 13. The molecule has 0 bridgehead atoms. The molecule has 3 rings (SSSR count). The van der Waals surface area contributed by atoms with Crippen LogP contribution in [0.25, 0.3) is 11.1 Å². The first kappa shape index (κ1) is 31.6. The molecule has 0 saturated carbocycles. The fourth-order valence-electron chi connectivity index (χ4n) is 3.97. The van der Waals surface area contributed by atoms with Gasteiger partial charge in [0.1, 0.15) is 44.5 Å². The minimum Gasteiger partial charge on any atom is -0.493 e. The van der Waals surface area contributed by atoms with Crippen molar-refractivity contribution in [2.45, 2.75) is 25.3 Å². The maximum Gasteiger partial charge on any atom is 0.348 e. The number of rotatable bonds is 11. The monoisotopic (exact) mass is 606 g/mol. The zero-order valence-corrected chi connectivity index (χ0v) is 25.0. The molecule has 1 aromatic carbocycles. The number of nitriles is 3. The predicted octanol–water partition coefficient (Wildman–Crippen LogP) is 4.64. The lowest BCUT2D eigenvalue weighted by atomic mass is 9.96. The van der Waals surface area contributed by atoms with Gasteiger partial charge in [-0.1, -0.05) is 0 Å². The molecule has 0 spiro atoms. The summed E-state index contributed by atoms with van der Waals surface area (Å²) in [6.45, 7) is 3.47. The number of methoxy groups -OCH3 is 3. The first-order valence-corrected chi connectivity index (χ1v) is 14.1. The number of carbonyl (C=O) groups is 2. The highest BCUT2D eigenvalue weighted by molar-refractivity contribution is 7.99. The maximum atomic E-state index is 12.8. The largest absolute Gasteiger partial charge is 0.493 e. The number of aromatic nitrogens is 1. The van der Waals surface area contributed by atoms with E-state index in [1.807, 2.05) is 12.1 Å². The number of nitrogens with two attached hydrogens (primary N) is 1. The van der Waals surface area contributed by atoms with E-state index in [-0.39, 0.29) is 61.8 Å². The first-order valence-electron chi connectivity index (χ1n) is 12.3. The number of amides is 1. The molecule has 0 radical (unpaired) electrons.